The molecule has 2 heterocycles. The second-order valence-electron chi connectivity index (χ2n) is 5.13. The molecule has 1 aliphatic heterocycles. The standard InChI is InChI=1S/C15H18N4O2/c1-10-8-13(11-4-2-3-5-12(11)17-10)19-6-7-21-14(9-19)15(16)18-20/h2-5,8,14,20H,6-7,9H2,1H3,(H2,16,18). The quantitative estimate of drug-likeness (QED) is 0.378. The van der Waals surface area contributed by atoms with Crippen molar-refractivity contribution in [2.45, 2.75) is 13.0 Å². The number of amidine groups is 1. The summed E-state index contributed by atoms with van der Waals surface area (Å²) in [5.41, 5.74) is 8.71. The summed E-state index contributed by atoms with van der Waals surface area (Å²) in [7, 11) is 0. The van der Waals surface area contributed by atoms with Crippen molar-refractivity contribution < 1.29 is 9.94 Å². The molecule has 2 aromatic rings. The first kappa shape index (κ1) is 13.6. The summed E-state index contributed by atoms with van der Waals surface area (Å²) in [6, 6.07) is 10.1. The molecule has 1 aliphatic rings. The minimum atomic E-state index is -0.393. The number of para-hydroxylation sites is 1. The minimum absolute atomic E-state index is 0.106. The average molecular weight is 286 g/mol. The van der Waals surface area contributed by atoms with Gasteiger partial charge in [0.2, 0.25) is 0 Å². The van der Waals surface area contributed by atoms with Gasteiger partial charge in [-0.2, -0.15) is 0 Å². The first-order valence-electron chi connectivity index (χ1n) is 6.89. The van der Waals surface area contributed by atoms with Crippen LogP contribution in [0.5, 0.6) is 0 Å². The van der Waals surface area contributed by atoms with Gasteiger partial charge in [-0.25, -0.2) is 0 Å². The monoisotopic (exact) mass is 286 g/mol. The fraction of sp³-hybridized carbons (Fsp3) is 0.333. The maximum absolute atomic E-state index is 8.81. The summed E-state index contributed by atoms with van der Waals surface area (Å²) in [6.45, 7) is 3.85. The molecular formula is C15H18N4O2. The molecule has 1 fully saturated rings. The molecule has 1 aromatic heterocycles. The number of aromatic nitrogens is 1. The summed E-state index contributed by atoms with van der Waals surface area (Å²) in [5, 5.41) is 13.0. The van der Waals surface area contributed by atoms with E-state index in [9.17, 15) is 0 Å². The molecular weight excluding hydrogens is 268 g/mol. The Morgan fingerprint density at radius 1 is 1.48 bits per heavy atom. The maximum Gasteiger partial charge on any atom is 0.170 e. The summed E-state index contributed by atoms with van der Waals surface area (Å²) < 4.78 is 5.55. The summed E-state index contributed by atoms with van der Waals surface area (Å²) in [5.74, 6) is 0.106. The van der Waals surface area contributed by atoms with Crippen LogP contribution in [0.2, 0.25) is 0 Å². The number of morpholine rings is 1. The Labute approximate surface area is 122 Å². The molecule has 3 rings (SSSR count). The van der Waals surface area contributed by atoms with Crippen LogP contribution < -0.4 is 10.6 Å². The van der Waals surface area contributed by atoms with Gasteiger partial charge in [-0.1, -0.05) is 23.4 Å². The fourth-order valence-electron chi connectivity index (χ4n) is 2.66. The summed E-state index contributed by atoms with van der Waals surface area (Å²) in [6.07, 6.45) is -0.393. The van der Waals surface area contributed by atoms with E-state index in [4.69, 9.17) is 15.7 Å². The number of aryl methyl sites for hydroxylation is 1. The third-order valence-corrected chi connectivity index (χ3v) is 3.67. The Morgan fingerprint density at radius 3 is 3.10 bits per heavy atom. The van der Waals surface area contributed by atoms with Crippen LogP contribution in [0.4, 0.5) is 5.69 Å². The number of rotatable bonds is 2. The van der Waals surface area contributed by atoms with Gasteiger partial charge in [0.1, 0.15) is 6.10 Å². The van der Waals surface area contributed by atoms with E-state index >= 15 is 0 Å². The number of pyridine rings is 1. The van der Waals surface area contributed by atoms with Gasteiger partial charge < -0.3 is 20.6 Å². The van der Waals surface area contributed by atoms with Gasteiger partial charge >= 0.3 is 0 Å². The molecule has 0 aliphatic carbocycles. The number of oxime groups is 1. The van der Waals surface area contributed by atoms with Crippen LogP contribution in [0.15, 0.2) is 35.5 Å². The molecule has 110 valence electrons. The molecule has 3 N–H and O–H groups in total. The first-order valence-corrected chi connectivity index (χ1v) is 6.89. The lowest BCUT2D eigenvalue weighted by Crippen LogP contribution is -2.48. The van der Waals surface area contributed by atoms with Crippen molar-refractivity contribution in [2.24, 2.45) is 10.9 Å². The summed E-state index contributed by atoms with van der Waals surface area (Å²) >= 11 is 0. The highest BCUT2D eigenvalue weighted by atomic mass is 16.5. The van der Waals surface area contributed by atoms with Crippen molar-refractivity contribution >= 4 is 22.4 Å². The second kappa shape index (κ2) is 5.57. The van der Waals surface area contributed by atoms with Crippen LogP contribution in [0, 0.1) is 6.92 Å². The van der Waals surface area contributed by atoms with Crippen molar-refractivity contribution in [1.82, 2.24) is 4.98 Å². The molecule has 1 saturated heterocycles. The number of anilines is 1. The van der Waals surface area contributed by atoms with Crippen LogP contribution in [-0.4, -0.2) is 41.8 Å². The lowest BCUT2D eigenvalue weighted by Gasteiger charge is -2.34. The number of hydrogen-bond donors (Lipinski definition) is 2. The fourth-order valence-corrected chi connectivity index (χ4v) is 2.66. The van der Waals surface area contributed by atoms with E-state index < -0.39 is 6.10 Å². The average Bonchev–Trinajstić information content (AvgIpc) is 2.53. The lowest BCUT2D eigenvalue weighted by molar-refractivity contribution is 0.0808. The van der Waals surface area contributed by atoms with E-state index in [1.165, 1.54) is 0 Å². The zero-order chi connectivity index (χ0) is 14.8. The molecule has 0 amide bonds. The Morgan fingerprint density at radius 2 is 2.29 bits per heavy atom. The highest BCUT2D eigenvalue weighted by Gasteiger charge is 2.25. The van der Waals surface area contributed by atoms with Gasteiger partial charge in [-0.15, -0.1) is 0 Å². The molecule has 1 unspecified atom stereocenters. The van der Waals surface area contributed by atoms with Crippen molar-refractivity contribution in [3.8, 4) is 0 Å². The predicted octanol–water partition coefficient (Wildman–Crippen LogP) is 1.49. The number of ether oxygens (including phenoxy) is 1. The van der Waals surface area contributed by atoms with Gasteiger partial charge in [0.15, 0.2) is 5.84 Å². The smallest absolute Gasteiger partial charge is 0.170 e. The molecule has 1 aromatic carbocycles. The van der Waals surface area contributed by atoms with Crippen molar-refractivity contribution in [2.75, 3.05) is 24.6 Å². The van der Waals surface area contributed by atoms with Crippen LogP contribution in [0.25, 0.3) is 10.9 Å². The van der Waals surface area contributed by atoms with E-state index in [0.29, 0.717) is 13.2 Å². The highest BCUT2D eigenvalue weighted by Crippen LogP contribution is 2.28. The lowest BCUT2D eigenvalue weighted by atomic mass is 10.1. The van der Waals surface area contributed by atoms with E-state index in [1.807, 2.05) is 25.1 Å². The van der Waals surface area contributed by atoms with Gasteiger partial charge in [-0.3, -0.25) is 4.98 Å². The van der Waals surface area contributed by atoms with Crippen molar-refractivity contribution in [3.63, 3.8) is 0 Å². The van der Waals surface area contributed by atoms with Crippen molar-refractivity contribution in [1.29, 1.82) is 0 Å². The number of fused-ring (bicyclic) bond motifs is 1. The van der Waals surface area contributed by atoms with Gasteiger partial charge in [0.25, 0.3) is 0 Å². The number of nitrogens with two attached hydrogens (primary N) is 1. The molecule has 21 heavy (non-hydrogen) atoms. The Balaban J connectivity index is 2.00. The number of hydrogen-bond acceptors (Lipinski definition) is 5. The number of benzene rings is 1. The molecule has 0 bridgehead atoms. The molecule has 6 heteroatoms. The third kappa shape index (κ3) is 2.62. The predicted molar refractivity (Wildman–Crippen MR) is 81.8 cm³/mol. The van der Waals surface area contributed by atoms with Crippen LogP contribution in [0.1, 0.15) is 5.69 Å². The van der Waals surface area contributed by atoms with E-state index in [1.54, 1.807) is 0 Å². The molecule has 0 spiro atoms. The normalized spacial score (nSPS) is 20.0. The van der Waals surface area contributed by atoms with E-state index in [0.717, 1.165) is 28.8 Å². The maximum atomic E-state index is 8.81. The Hall–Kier alpha value is -2.34. The Bertz CT molecular complexity index is 686. The molecule has 1 atom stereocenters. The van der Waals surface area contributed by atoms with Crippen molar-refractivity contribution in [3.05, 3.63) is 36.0 Å². The van der Waals surface area contributed by atoms with E-state index in [-0.39, 0.29) is 5.84 Å². The van der Waals surface area contributed by atoms with E-state index in [2.05, 4.69) is 27.2 Å². The zero-order valence-corrected chi connectivity index (χ0v) is 11.9. The highest BCUT2D eigenvalue weighted by molar-refractivity contribution is 5.92. The first-order chi connectivity index (χ1) is 10.2. The SMILES string of the molecule is Cc1cc(N2CCOC(C(N)=NO)C2)c2ccccc2n1. The summed E-state index contributed by atoms with van der Waals surface area (Å²) in [4.78, 5) is 6.75. The third-order valence-electron chi connectivity index (χ3n) is 3.67. The van der Waals surface area contributed by atoms with Crippen LogP contribution in [0.3, 0.4) is 0 Å². The Kier molecular flexibility index (Phi) is 3.62. The largest absolute Gasteiger partial charge is 0.409 e. The van der Waals surface area contributed by atoms with Gasteiger partial charge in [0, 0.05) is 23.3 Å². The minimum Gasteiger partial charge on any atom is -0.409 e. The zero-order valence-electron chi connectivity index (χ0n) is 11.9. The second-order valence-corrected chi connectivity index (χ2v) is 5.13. The van der Waals surface area contributed by atoms with Crippen LogP contribution >= 0.6 is 0 Å². The molecule has 6 nitrogen and oxygen atoms in total. The van der Waals surface area contributed by atoms with Gasteiger partial charge in [0.05, 0.1) is 18.7 Å². The molecule has 0 saturated carbocycles. The molecule has 0 radical (unpaired) electrons. The van der Waals surface area contributed by atoms with Gasteiger partial charge in [-0.05, 0) is 19.1 Å². The topological polar surface area (TPSA) is 84.0 Å². The van der Waals surface area contributed by atoms with Crippen LogP contribution in [-0.2, 0) is 4.74 Å². The number of nitrogens with zero attached hydrogens (tertiary/aromatic N) is 3.